The van der Waals surface area contributed by atoms with E-state index in [0.717, 1.165) is 30.3 Å². The van der Waals surface area contributed by atoms with Crippen molar-refractivity contribution in [2.24, 2.45) is 0 Å². The third-order valence-electron chi connectivity index (χ3n) is 3.34. The summed E-state index contributed by atoms with van der Waals surface area (Å²) < 4.78 is 106. The van der Waals surface area contributed by atoms with Gasteiger partial charge in [0, 0.05) is 20.1 Å². The molecule has 0 N–H and O–H groups in total. The summed E-state index contributed by atoms with van der Waals surface area (Å²) in [5.41, 5.74) is -8.16. The van der Waals surface area contributed by atoms with E-state index in [2.05, 4.69) is 31.9 Å². The van der Waals surface area contributed by atoms with Crippen molar-refractivity contribution in [2.75, 3.05) is 0 Å². The molecule has 2 aromatic carbocycles. The van der Waals surface area contributed by atoms with Crippen LogP contribution >= 0.6 is 31.9 Å². The molecule has 0 saturated carbocycles. The number of hydrogen-bond acceptors (Lipinski definition) is 0. The Kier molecular flexibility index (Phi) is 5.27. The average molecular weight is 498 g/mol. The highest BCUT2D eigenvalue weighted by molar-refractivity contribution is 9.11. The van der Waals surface area contributed by atoms with E-state index in [1.54, 1.807) is 0 Å². The van der Waals surface area contributed by atoms with Gasteiger partial charge in [0.25, 0.3) is 0 Å². The summed E-state index contributed by atoms with van der Waals surface area (Å²) >= 11 is 5.62. The van der Waals surface area contributed by atoms with Crippen molar-refractivity contribution in [3.05, 3.63) is 56.7 Å². The SMILES string of the molecule is Fc1ccc(-c2c(Br)cc(Br)cc2C(F)(C(F)(F)F)C(F)(F)F)cc1. The van der Waals surface area contributed by atoms with Crippen LogP contribution in [0, 0.1) is 5.82 Å². The second-order valence-electron chi connectivity index (χ2n) is 4.97. The van der Waals surface area contributed by atoms with Gasteiger partial charge in [-0.1, -0.05) is 44.0 Å². The summed E-state index contributed by atoms with van der Waals surface area (Å²) in [6, 6.07) is 5.17. The highest BCUT2D eigenvalue weighted by Gasteiger charge is 2.74. The van der Waals surface area contributed by atoms with E-state index in [-0.39, 0.29) is 14.5 Å². The maximum Gasteiger partial charge on any atom is 0.435 e. The Balaban J connectivity index is 2.91. The monoisotopic (exact) mass is 496 g/mol. The minimum Gasteiger partial charge on any atom is -0.218 e. The van der Waals surface area contributed by atoms with E-state index >= 15 is 0 Å². The Morgan fingerprint density at radius 1 is 0.720 bits per heavy atom. The van der Waals surface area contributed by atoms with Crippen molar-refractivity contribution in [3.8, 4) is 11.1 Å². The molecule has 2 rings (SSSR count). The summed E-state index contributed by atoms with van der Waals surface area (Å²) in [6.45, 7) is 0. The predicted molar refractivity (Wildman–Crippen MR) is 82.1 cm³/mol. The van der Waals surface area contributed by atoms with Crippen LogP contribution in [0.1, 0.15) is 5.56 Å². The highest BCUT2D eigenvalue weighted by atomic mass is 79.9. The molecule has 0 aliphatic carbocycles. The van der Waals surface area contributed by atoms with Crippen molar-refractivity contribution in [3.63, 3.8) is 0 Å². The third kappa shape index (κ3) is 3.55. The van der Waals surface area contributed by atoms with E-state index in [0.29, 0.717) is 6.07 Å². The fourth-order valence-corrected chi connectivity index (χ4v) is 3.68. The third-order valence-corrected chi connectivity index (χ3v) is 4.42. The van der Waals surface area contributed by atoms with Crippen molar-refractivity contribution in [2.45, 2.75) is 18.0 Å². The number of halogens is 10. The summed E-state index contributed by atoms with van der Waals surface area (Å²) in [4.78, 5) is 0. The quantitative estimate of drug-likeness (QED) is 0.382. The van der Waals surface area contributed by atoms with Crippen LogP contribution in [-0.4, -0.2) is 12.4 Å². The summed E-state index contributed by atoms with van der Waals surface area (Å²) in [5, 5.41) is 0. The molecule has 25 heavy (non-hydrogen) atoms. The number of benzene rings is 2. The van der Waals surface area contributed by atoms with E-state index in [9.17, 15) is 35.1 Å². The molecular formula is C15H6Br2F8. The summed E-state index contributed by atoms with van der Waals surface area (Å²) in [5.74, 6) is -0.753. The Bertz CT molecular complexity index is 764. The maximum absolute atomic E-state index is 14.6. The highest BCUT2D eigenvalue weighted by Crippen LogP contribution is 2.56. The van der Waals surface area contributed by atoms with Crippen molar-refractivity contribution < 1.29 is 35.1 Å². The van der Waals surface area contributed by atoms with Crippen molar-refractivity contribution in [1.82, 2.24) is 0 Å². The standard InChI is InChI=1S/C15H6Br2F8/c16-8-5-10(13(19,14(20,21)22)15(23,24)25)12(11(17)6-8)7-1-3-9(18)4-2-7/h1-6H. The first-order chi connectivity index (χ1) is 11.3. The van der Waals surface area contributed by atoms with Gasteiger partial charge in [0.05, 0.1) is 0 Å². The van der Waals surface area contributed by atoms with Gasteiger partial charge in [-0.2, -0.15) is 26.3 Å². The Morgan fingerprint density at radius 2 is 1.20 bits per heavy atom. The zero-order chi connectivity index (χ0) is 19.2. The maximum atomic E-state index is 14.6. The zero-order valence-electron chi connectivity index (χ0n) is 11.7. The molecule has 0 saturated heterocycles. The molecule has 0 bridgehead atoms. The molecule has 0 heterocycles. The Hall–Kier alpha value is -1.16. The van der Waals surface area contributed by atoms with Gasteiger partial charge in [-0.25, -0.2) is 8.78 Å². The van der Waals surface area contributed by atoms with Gasteiger partial charge in [0.15, 0.2) is 0 Å². The molecule has 10 heteroatoms. The second-order valence-corrected chi connectivity index (χ2v) is 6.74. The van der Waals surface area contributed by atoms with Crippen LogP contribution in [0.3, 0.4) is 0 Å². The van der Waals surface area contributed by atoms with E-state index < -0.39 is 35.0 Å². The van der Waals surface area contributed by atoms with Crippen LogP contribution in [0.2, 0.25) is 0 Å². The molecule has 0 spiro atoms. The number of rotatable bonds is 2. The lowest BCUT2D eigenvalue weighted by atomic mass is 9.87. The molecular weight excluding hydrogens is 492 g/mol. The minimum atomic E-state index is -6.26. The lowest BCUT2D eigenvalue weighted by Gasteiger charge is -2.32. The summed E-state index contributed by atoms with van der Waals surface area (Å²) in [6.07, 6.45) is -12.5. The van der Waals surface area contributed by atoms with Gasteiger partial charge >= 0.3 is 18.0 Å². The lowest BCUT2D eigenvalue weighted by molar-refractivity contribution is -0.348. The van der Waals surface area contributed by atoms with Gasteiger partial charge in [-0.3, -0.25) is 0 Å². The predicted octanol–water partition coefficient (Wildman–Crippen LogP) is 7.31. The van der Waals surface area contributed by atoms with Crippen LogP contribution in [0.25, 0.3) is 11.1 Å². The largest absolute Gasteiger partial charge is 0.435 e. The molecule has 0 aliphatic heterocycles. The summed E-state index contributed by atoms with van der Waals surface area (Å²) in [7, 11) is 0. The smallest absolute Gasteiger partial charge is 0.218 e. The fraction of sp³-hybridized carbons (Fsp3) is 0.200. The van der Waals surface area contributed by atoms with Crippen LogP contribution in [-0.2, 0) is 5.67 Å². The molecule has 0 unspecified atom stereocenters. The number of hydrogen-bond donors (Lipinski definition) is 0. The van der Waals surface area contributed by atoms with E-state index in [1.807, 2.05) is 0 Å². The Labute approximate surface area is 153 Å². The van der Waals surface area contributed by atoms with Crippen molar-refractivity contribution in [1.29, 1.82) is 0 Å². The molecule has 0 aromatic heterocycles. The first-order valence-electron chi connectivity index (χ1n) is 6.37. The Morgan fingerprint density at radius 3 is 1.64 bits per heavy atom. The van der Waals surface area contributed by atoms with Gasteiger partial charge in [0.2, 0.25) is 0 Å². The van der Waals surface area contributed by atoms with Gasteiger partial charge in [-0.05, 0) is 29.8 Å². The molecule has 0 fully saturated rings. The minimum absolute atomic E-state index is 0.198. The lowest BCUT2D eigenvalue weighted by Crippen LogP contribution is -2.50. The topological polar surface area (TPSA) is 0 Å². The second kappa shape index (κ2) is 6.53. The molecule has 2 aromatic rings. The van der Waals surface area contributed by atoms with Crippen LogP contribution in [0.15, 0.2) is 45.3 Å². The van der Waals surface area contributed by atoms with Gasteiger partial charge < -0.3 is 0 Å². The van der Waals surface area contributed by atoms with Crippen LogP contribution in [0.4, 0.5) is 35.1 Å². The van der Waals surface area contributed by atoms with E-state index in [4.69, 9.17) is 0 Å². The zero-order valence-corrected chi connectivity index (χ0v) is 14.9. The first kappa shape index (κ1) is 20.2. The van der Waals surface area contributed by atoms with Crippen molar-refractivity contribution >= 4 is 31.9 Å². The molecule has 0 amide bonds. The van der Waals surface area contributed by atoms with Gasteiger partial charge in [-0.15, -0.1) is 0 Å². The average Bonchev–Trinajstić information content (AvgIpc) is 2.44. The normalized spacial score (nSPS) is 13.2. The molecule has 0 nitrogen and oxygen atoms in total. The van der Waals surface area contributed by atoms with E-state index in [1.165, 1.54) is 0 Å². The van der Waals surface area contributed by atoms with Crippen LogP contribution in [0.5, 0.6) is 0 Å². The fourth-order valence-electron chi connectivity index (χ4n) is 2.22. The molecule has 0 radical (unpaired) electrons. The molecule has 0 aliphatic rings. The molecule has 136 valence electrons. The number of alkyl halides is 7. The van der Waals surface area contributed by atoms with Crippen LogP contribution < -0.4 is 0 Å². The molecule has 0 atom stereocenters. The van der Waals surface area contributed by atoms with Gasteiger partial charge in [0.1, 0.15) is 5.82 Å². The first-order valence-corrected chi connectivity index (χ1v) is 7.95.